The normalized spacial score (nSPS) is 21.1. The fourth-order valence-electron chi connectivity index (χ4n) is 4.56. The maximum absolute atomic E-state index is 13.8. The summed E-state index contributed by atoms with van der Waals surface area (Å²) in [6, 6.07) is 13.7. The molecule has 0 unspecified atom stereocenters. The molecular weight excluding hydrogens is 421 g/mol. The van der Waals surface area contributed by atoms with Crippen LogP contribution in [-0.4, -0.2) is 53.2 Å². The smallest absolute Gasteiger partial charge is 0.323 e. The second kappa shape index (κ2) is 10.3. The Hall–Kier alpha value is -3.06. The molecule has 0 spiro atoms. The highest BCUT2D eigenvalue weighted by atomic mass is 19.1. The summed E-state index contributed by atoms with van der Waals surface area (Å²) in [7, 11) is 0. The zero-order chi connectivity index (χ0) is 23.4. The Morgan fingerprint density at radius 3 is 2.67 bits per heavy atom. The minimum Gasteiger partial charge on any atom is -0.465 e. The first-order chi connectivity index (χ1) is 16.0. The van der Waals surface area contributed by atoms with Gasteiger partial charge in [-0.3, -0.25) is 14.5 Å². The number of piperidine rings is 1. The van der Waals surface area contributed by atoms with Gasteiger partial charge in [-0.15, -0.1) is 0 Å². The number of esters is 1. The number of likely N-dealkylation sites (tertiary alicyclic amines) is 1. The Morgan fingerprint density at radius 2 is 1.94 bits per heavy atom. The molecule has 2 aromatic carbocycles. The predicted molar refractivity (Wildman–Crippen MR) is 124 cm³/mol. The Labute approximate surface area is 194 Å². The van der Waals surface area contributed by atoms with Crippen LogP contribution in [0.3, 0.4) is 0 Å². The van der Waals surface area contributed by atoms with Crippen molar-refractivity contribution in [3.8, 4) is 0 Å². The van der Waals surface area contributed by atoms with Crippen LogP contribution in [0.25, 0.3) is 0 Å². The van der Waals surface area contributed by atoms with E-state index in [1.54, 1.807) is 13.0 Å². The first kappa shape index (κ1) is 23.1. The quantitative estimate of drug-likeness (QED) is 0.617. The topological polar surface area (TPSA) is 62.2 Å². The monoisotopic (exact) mass is 451 g/mol. The molecule has 2 aromatic rings. The summed E-state index contributed by atoms with van der Waals surface area (Å²) in [5, 5.41) is 6.16. The van der Waals surface area contributed by atoms with Crippen molar-refractivity contribution in [1.29, 1.82) is 0 Å². The molecule has 7 heteroatoms. The fourth-order valence-corrected chi connectivity index (χ4v) is 4.56. The lowest BCUT2D eigenvalue weighted by Crippen LogP contribution is -2.49. The molecule has 2 aliphatic heterocycles. The van der Waals surface area contributed by atoms with Crippen LogP contribution in [0, 0.1) is 12.7 Å². The second-order valence-corrected chi connectivity index (χ2v) is 8.66. The van der Waals surface area contributed by atoms with Gasteiger partial charge in [0.2, 0.25) is 0 Å². The Balaban J connectivity index is 1.59. The largest absolute Gasteiger partial charge is 0.465 e. The summed E-state index contributed by atoms with van der Waals surface area (Å²) in [5.41, 5.74) is 3.45. The number of aryl methyl sites for hydroxylation is 1. The number of hydrazone groups is 1. The van der Waals surface area contributed by atoms with Gasteiger partial charge in [0.1, 0.15) is 11.9 Å². The molecule has 1 saturated heterocycles. The van der Waals surface area contributed by atoms with Crippen LogP contribution in [0.4, 0.5) is 4.39 Å². The number of carbonyl (C=O) groups is 2. The molecule has 4 rings (SSSR count). The highest BCUT2D eigenvalue weighted by Gasteiger charge is 2.37. The number of nitrogens with zero attached hydrogens (tertiary/aromatic N) is 3. The molecule has 0 aromatic heterocycles. The van der Waals surface area contributed by atoms with Crippen molar-refractivity contribution in [1.82, 2.24) is 9.91 Å². The van der Waals surface area contributed by atoms with Crippen molar-refractivity contribution in [2.24, 2.45) is 5.10 Å². The van der Waals surface area contributed by atoms with Crippen molar-refractivity contribution in [2.75, 3.05) is 19.7 Å². The van der Waals surface area contributed by atoms with Crippen molar-refractivity contribution in [3.63, 3.8) is 0 Å². The van der Waals surface area contributed by atoms with Crippen LogP contribution in [-0.2, 0) is 14.3 Å². The SMILES string of the molecule is CCOC(=O)[C@H]1CCCCN1CC(=O)N1N=C(c2cccc(F)c2)C[C@H]1c1ccc(C)cc1. The Kier molecular flexibility index (Phi) is 7.18. The van der Waals surface area contributed by atoms with E-state index in [0.717, 1.165) is 24.0 Å². The fraction of sp³-hybridized carbons (Fsp3) is 0.423. The van der Waals surface area contributed by atoms with E-state index in [4.69, 9.17) is 4.74 Å². The molecule has 6 nitrogen and oxygen atoms in total. The molecule has 174 valence electrons. The van der Waals surface area contributed by atoms with Crippen molar-refractivity contribution in [2.45, 2.75) is 51.6 Å². The van der Waals surface area contributed by atoms with Gasteiger partial charge < -0.3 is 4.74 Å². The lowest BCUT2D eigenvalue weighted by molar-refractivity contribution is -0.152. The molecule has 2 aliphatic rings. The molecule has 2 heterocycles. The van der Waals surface area contributed by atoms with Gasteiger partial charge in [0.25, 0.3) is 5.91 Å². The van der Waals surface area contributed by atoms with Gasteiger partial charge in [-0.2, -0.15) is 5.10 Å². The highest BCUT2D eigenvalue weighted by molar-refractivity contribution is 6.03. The third kappa shape index (κ3) is 5.30. The van der Waals surface area contributed by atoms with E-state index in [1.807, 2.05) is 42.2 Å². The van der Waals surface area contributed by atoms with Crippen LogP contribution in [0.2, 0.25) is 0 Å². The van der Waals surface area contributed by atoms with Gasteiger partial charge >= 0.3 is 5.97 Å². The number of ether oxygens (including phenoxy) is 1. The number of carbonyl (C=O) groups excluding carboxylic acids is 2. The Morgan fingerprint density at radius 1 is 1.15 bits per heavy atom. The standard InChI is InChI=1S/C26H30FN3O3/c1-3-33-26(32)23-9-4-5-14-29(23)17-25(31)30-24(19-12-10-18(2)11-13-19)16-22(28-30)20-7-6-8-21(27)15-20/h6-8,10-13,15,23-24H,3-5,9,14,16-17H2,1-2H3/t23-,24+/m1/s1. The van der Waals surface area contributed by atoms with E-state index in [0.29, 0.717) is 37.3 Å². The van der Waals surface area contributed by atoms with Crippen LogP contribution < -0.4 is 0 Å². The molecule has 0 bridgehead atoms. The number of benzene rings is 2. The molecule has 33 heavy (non-hydrogen) atoms. The minimum atomic E-state index is -0.408. The van der Waals surface area contributed by atoms with E-state index >= 15 is 0 Å². The highest BCUT2D eigenvalue weighted by Crippen LogP contribution is 2.33. The zero-order valence-corrected chi connectivity index (χ0v) is 19.2. The summed E-state index contributed by atoms with van der Waals surface area (Å²) in [5.74, 6) is -0.786. The first-order valence-electron chi connectivity index (χ1n) is 11.6. The van der Waals surface area contributed by atoms with Crippen molar-refractivity contribution in [3.05, 3.63) is 71.0 Å². The average Bonchev–Trinajstić information content (AvgIpc) is 3.26. The second-order valence-electron chi connectivity index (χ2n) is 8.66. The summed E-state index contributed by atoms with van der Waals surface area (Å²) >= 11 is 0. The van der Waals surface area contributed by atoms with Gasteiger partial charge in [-0.05, 0) is 50.9 Å². The zero-order valence-electron chi connectivity index (χ0n) is 19.2. The molecule has 0 saturated carbocycles. The molecule has 0 aliphatic carbocycles. The van der Waals surface area contributed by atoms with E-state index in [1.165, 1.54) is 17.1 Å². The van der Waals surface area contributed by atoms with E-state index in [2.05, 4.69) is 5.10 Å². The van der Waals surface area contributed by atoms with E-state index < -0.39 is 6.04 Å². The molecule has 1 amide bonds. The van der Waals surface area contributed by atoms with Crippen LogP contribution in [0.15, 0.2) is 53.6 Å². The van der Waals surface area contributed by atoms with Crippen molar-refractivity contribution >= 4 is 17.6 Å². The number of hydrogen-bond donors (Lipinski definition) is 0. The molecule has 2 atom stereocenters. The number of amides is 1. The summed E-state index contributed by atoms with van der Waals surface area (Å²) in [6.45, 7) is 4.88. The van der Waals surface area contributed by atoms with Crippen molar-refractivity contribution < 1.29 is 18.7 Å². The molecular formula is C26H30FN3O3. The van der Waals surface area contributed by atoms with Gasteiger partial charge in [-0.1, -0.05) is 48.4 Å². The maximum atomic E-state index is 13.8. The number of halogens is 1. The van der Waals surface area contributed by atoms with Gasteiger partial charge in [0.05, 0.1) is 24.9 Å². The molecule has 1 fully saturated rings. The third-order valence-corrected chi connectivity index (χ3v) is 6.30. The third-order valence-electron chi connectivity index (χ3n) is 6.30. The first-order valence-corrected chi connectivity index (χ1v) is 11.6. The minimum absolute atomic E-state index is 0.0891. The number of hydrogen-bond acceptors (Lipinski definition) is 5. The number of rotatable bonds is 6. The van der Waals surface area contributed by atoms with Crippen LogP contribution in [0.1, 0.15) is 55.3 Å². The maximum Gasteiger partial charge on any atom is 0.323 e. The van der Waals surface area contributed by atoms with Gasteiger partial charge in [0.15, 0.2) is 0 Å². The van der Waals surface area contributed by atoms with Gasteiger partial charge in [-0.25, -0.2) is 9.40 Å². The van der Waals surface area contributed by atoms with Crippen LogP contribution in [0.5, 0.6) is 0 Å². The molecule has 0 N–H and O–H groups in total. The summed E-state index contributed by atoms with van der Waals surface area (Å²) in [4.78, 5) is 27.8. The molecule has 0 radical (unpaired) electrons. The van der Waals surface area contributed by atoms with E-state index in [-0.39, 0.29) is 30.3 Å². The predicted octanol–water partition coefficient (Wildman–Crippen LogP) is 4.23. The van der Waals surface area contributed by atoms with Crippen LogP contribution >= 0.6 is 0 Å². The summed E-state index contributed by atoms with van der Waals surface area (Å²) in [6.07, 6.45) is 3.05. The lowest BCUT2D eigenvalue weighted by atomic mass is 9.97. The van der Waals surface area contributed by atoms with Gasteiger partial charge in [0, 0.05) is 12.0 Å². The summed E-state index contributed by atoms with van der Waals surface area (Å²) < 4.78 is 19.1. The van der Waals surface area contributed by atoms with E-state index in [9.17, 15) is 14.0 Å². The Bertz CT molecular complexity index is 1040. The lowest BCUT2D eigenvalue weighted by Gasteiger charge is -2.34. The average molecular weight is 452 g/mol.